The summed E-state index contributed by atoms with van der Waals surface area (Å²) in [6.45, 7) is 13.7. The third-order valence-corrected chi connectivity index (χ3v) is 4.02. The van der Waals surface area contributed by atoms with Crippen molar-refractivity contribution < 1.29 is 57.3 Å². The molecule has 0 saturated carbocycles. The van der Waals surface area contributed by atoms with Gasteiger partial charge in [0, 0.05) is 5.57 Å². The fourth-order valence-corrected chi connectivity index (χ4v) is 2.24. The summed E-state index contributed by atoms with van der Waals surface area (Å²) in [5, 5.41) is 8.55. The molecule has 36 heavy (non-hydrogen) atoms. The summed E-state index contributed by atoms with van der Waals surface area (Å²) in [5.74, 6) is -0.413. The summed E-state index contributed by atoms with van der Waals surface area (Å²) in [7, 11) is 0. The van der Waals surface area contributed by atoms with Crippen LogP contribution in [0.1, 0.15) is 6.92 Å². The van der Waals surface area contributed by atoms with Gasteiger partial charge >= 0.3 is 5.97 Å². The number of ether oxygens (including phenoxy) is 10. The van der Waals surface area contributed by atoms with Crippen molar-refractivity contribution in [2.45, 2.75) is 6.92 Å². The molecule has 0 amide bonds. The number of aliphatic hydroxyl groups is 1. The van der Waals surface area contributed by atoms with E-state index in [2.05, 4.69) is 6.58 Å². The fourth-order valence-electron chi connectivity index (χ4n) is 2.24. The van der Waals surface area contributed by atoms with Crippen LogP contribution in [0.15, 0.2) is 12.2 Å². The second kappa shape index (κ2) is 30.0. The van der Waals surface area contributed by atoms with Crippen LogP contribution in [-0.4, -0.2) is 143 Å². The normalized spacial score (nSPS) is 11.2. The maximum absolute atomic E-state index is 11.1. The molecule has 0 unspecified atom stereocenters. The first-order chi connectivity index (χ1) is 17.7. The average Bonchev–Trinajstić information content (AvgIpc) is 2.87. The summed E-state index contributed by atoms with van der Waals surface area (Å²) >= 11 is 0. The molecule has 214 valence electrons. The Morgan fingerprint density at radius 1 is 0.472 bits per heavy atom. The van der Waals surface area contributed by atoms with E-state index in [-0.39, 0.29) is 13.2 Å². The number of aliphatic hydroxyl groups excluding tert-OH is 1. The second-order valence-electron chi connectivity index (χ2n) is 7.15. The molecule has 0 radical (unpaired) electrons. The summed E-state index contributed by atoms with van der Waals surface area (Å²) in [5.41, 5.74) is 0.370. The highest BCUT2D eigenvalue weighted by molar-refractivity contribution is 5.86. The average molecular weight is 527 g/mol. The van der Waals surface area contributed by atoms with E-state index >= 15 is 0 Å². The van der Waals surface area contributed by atoms with Crippen LogP contribution in [0.4, 0.5) is 0 Å². The van der Waals surface area contributed by atoms with Gasteiger partial charge in [-0.1, -0.05) is 6.58 Å². The van der Waals surface area contributed by atoms with Gasteiger partial charge in [-0.3, -0.25) is 0 Å². The Bertz CT molecular complexity index is 478. The van der Waals surface area contributed by atoms with Crippen molar-refractivity contribution in [2.75, 3.05) is 132 Å². The van der Waals surface area contributed by atoms with Crippen LogP contribution < -0.4 is 0 Å². The molecular formula is C24H46O12. The Morgan fingerprint density at radius 2 is 0.694 bits per heavy atom. The van der Waals surface area contributed by atoms with Crippen LogP contribution in [0.3, 0.4) is 0 Å². The van der Waals surface area contributed by atoms with E-state index in [0.29, 0.717) is 124 Å². The predicted molar refractivity (Wildman–Crippen MR) is 130 cm³/mol. The van der Waals surface area contributed by atoms with Crippen molar-refractivity contribution in [1.82, 2.24) is 0 Å². The van der Waals surface area contributed by atoms with E-state index in [1.807, 2.05) is 0 Å². The van der Waals surface area contributed by atoms with Gasteiger partial charge in [-0.25, -0.2) is 4.79 Å². The Kier molecular flexibility index (Phi) is 29.0. The lowest BCUT2D eigenvalue weighted by Crippen LogP contribution is -2.15. The molecule has 0 heterocycles. The van der Waals surface area contributed by atoms with Crippen LogP contribution in [0.2, 0.25) is 0 Å². The topological polar surface area (TPSA) is 130 Å². The molecular weight excluding hydrogens is 480 g/mol. The molecule has 12 heteroatoms. The van der Waals surface area contributed by atoms with Gasteiger partial charge in [-0.15, -0.1) is 0 Å². The highest BCUT2D eigenvalue weighted by Crippen LogP contribution is 1.92. The number of hydrogen-bond acceptors (Lipinski definition) is 12. The SMILES string of the molecule is C=C(C)C(=O)OCCOCCOCCOCCOCCOCCOCCOCCOCCOCCO. The second-order valence-corrected chi connectivity index (χ2v) is 7.15. The summed E-state index contributed by atoms with van der Waals surface area (Å²) in [4.78, 5) is 11.1. The smallest absolute Gasteiger partial charge is 0.333 e. The summed E-state index contributed by atoms with van der Waals surface area (Å²) in [6, 6.07) is 0. The van der Waals surface area contributed by atoms with Crippen molar-refractivity contribution in [3.8, 4) is 0 Å². The lowest BCUT2D eigenvalue weighted by Gasteiger charge is -2.09. The van der Waals surface area contributed by atoms with Crippen molar-refractivity contribution in [3.63, 3.8) is 0 Å². The first-order valence-electron chi connectivity index (χ1n) is 12.3. The van der Waals surface area contributed by atoms with Gasteiger partial charge < -0.3 is 52.5 Å². The van der Waals surface area contributed by atoms with Crippen LogP contribution >= 0.6 is 0 Å². The minimum Gasteiger partial charge on any atom is -0.460 e. The number of hydrogen-bond donors (Lipinski definition) is 1. The molecule has 1 N–H and O–H groups in total. The zero-order valence-corrected chi connectivity index (χ0v) is 21.8. The number of carbonyl (C=O) groups excluding carboxylic acids is 1. The van der Waals surface area contributed by atoms with Crippen molar-refractivity contribution in [1.29, 1.82) is 0 Å². The van der Waals surface area contributed by atoms with Gasteiger partial charge in [-0.05, 0) is 6.92 Å². The molecule has 0 aliphatic heterocycles. The minimum absolute atomic E-state index is 0.0231. The molecule has 0 aromatic carbocycles. The molecule has 0 aliphatic carbocycles. The Morgan fingerprint density at radius 3 is 0.917 bits per heavy atom. The quantitative estimate of drug-likeness (QED) is 0.0782. The lowest BCUT2D eigenvalue weighted by molar-refractivity contribution is -0.140. The van der Waals surface area contributed by atoms with Gasteiger partial charge in [-0.2, -0.15) is 0 Å². The molecule has 0 aromatic heterocycles. The zero-order valence-electron chi connectivity index (χ0n) is 21.8. The van der Waals surface area contributed by atoms with Gasteiger partial charge in [0.05, 0.1) is 126 Å². The van der Waals surface area contributed by atoms with Crippen LogP contribution in [0, 0.1) is 0 Å². The molecule has 0 fully saturated rings. The van der Waals surface area contributed by atoms with E-state index in [1.165, 1.54) is 0 Å². The van der Waals surface area contributed by atoms with E-state index in [9.17, 15) is 4.79 Å². The molecule has 0 spiro atoms. The monoisotopic (exact) mass is 526 g/mol. The molecule has 0 bridgehead atoms. The number of carbonyl (C=O) groups is 1. The predicted octanol–water partition coefficient (Wildman–Crippen LogP) is 0.247. The van der Waals surface area contributed by atoms with E-state index in [0.717, 1.165) is 0 Å². The molecule has 0 saturated heterocycles. The Hall–Kier alpha value is -1.19. The highest BCUT2D eigenvalue weighted by Gasteiger charge is 2.01. The molecule has 0 atom stereocenters. The molecule has 0 rings (SSSR count). The third kappa shape index (κ3) is 29.0. The van der Waals surface area contributed by atoms with E-state index in [4.69, 9.17) is 52.5 Å². The first-order valence-corrected chi connectivity index (χ1v) is 12.3. The van der Waals surface area contributed by atoms with Crippen molar-refractivity contribution in [2.24, 2.45) is 0 Å². The number of esters is 1. The van der Waals surface area contributed by atoms with Crippen LogP contribution in [0.25, 0.3) is 0 Å². The maximum Gasteiger partial charge on any atom is 0.333 e. The van der Waals surface area contributed by atoms with E-state index < -0.39 is 5.97 Å². The summed E-state index contributed by atoms with van der Waals surface area (Å²) < 4.78 is 53.0. The lowest BCUT2D eigenvalue weighted by atomic mass is 10.4. The fraction of sp³-hybridized carbons (Fsp3) is 0.875. The molecule has 0 aliphatic rings. The van der Waals surface area contributed by atoms with Gasteiger partial charge in [0.25, 0.3) is 0 Å². The van der Waals surface area contributed by atoms with Crippen molar-refractivity contribution in [3.05, 3.63) is 12.2 Å². The molecule has 0 aromatic rings. The van der Waals surface area contributed by atoms with Gasteiger partial charge in [0.15, 0.2) is 0 Å². The van der Waals surface area contributed by atoms with Gasteiger partial charge in [0.1, 0.15) is 6.61 Å². The minimum atomic E-state index is -0.413. The largest absolute Gasteiger partial charge is 0.460 e. The van der Waals surface area contributed by atoms with Crippen LogP contribution in [-0.2, 0) is 52.2 Å². The van der Waals surface area contributed by atoms with Crippen molar-refractivity contribution >= 4 is 5.97 Å². The highest BCUT2D eigenvalue weighted by atomic mass is 16.6. The zero-order chi connectivity index (χ0) is 26.4. The first kappa shape index (κ1) is 34.8. The van der Waals surface area contributed by atoms with Crippen LogP contribution in [0.5, 0.6) is 0 Å². The van der Waals surface area contributed by atoms with E-state index in [1.54, 1.807) is 6.92 Å². The van der Waals surface area contributed by atoms with Gasteiger partial charge in [0.2, 0.25) is 0 Å². The number of rotatable bonds is 30. The maximum atomic E-state index is 11.1. The standard InChI is InChI=1S/C24H46O12/c1-23(2)24(26)36-22-21-35-20-19-34-18-17-33-16-15-32-14-13-31-12-11-30-10-9-29-8-7-28-6-5-27-4-3-25/h25H,1,3-22H2,2H3. The molecule has 12 nitrogen and oxygen atoms in total. The Balaban J connectivity index is 3.05. The third-order valence-electron chi connectivity index (χ3n) is 4.02. The Labute approximate surface area is 215 Å². The summed E-state index contributed by atoms with van der Waals surface area (Å²) in [6.07, 6.45) is 0.